The first-order chi connectivity index (χ1) is 10.5. The average Bonchev–Trinajstić information content (AvgIpc) is 2.48. The Morgan fingerprint density at radius 3 is 2.45 bits per heavy atom. The molecule has 0 bridgehead atoms. The zero-order chi connectivity index (χ0) is 16.5. The minimum Gasteiger partial charge on any atom is -0.481 e. The average molecular weight is 305 g/mol. The van der Waals surface area contributed by atoms with Gasteiger partial charge in [0.2, 0.25) is 5.91 Å². The van der Waals surface area contributed by atoms with Crippen molar-refractivity contribution in [1.82, 2.24) is 5.32 Å². The first-order valence-corrected chi connectivity index (χ1v) is 8.01. The molecule has 0 heterocycles. The van der Waals surface area contributed by atoms with E-state index in [0.29, 0.717) is 18.8 Å². The quantitative estimate of drug-likeness (QED) is 0.736. The van der Waals surface area contributed by atoms with E-state index < -0.39 is 11.9 Å². The van der Waals surface area contributed by atoms with E-state index in [9.17, 15) is 14.7 Å². The van der Waals surface area contributed by atoms with Gasteiger partial charge in [-0.3, -0.25) is 9.59 Å². The van der Waals surface area contributed by atoms with Crippen LogP contribution in [0.2, 0.25) is 0 Å². The Balaban J connectivity index is 2.54. The van der Waals surface area contributed by atoms with Gasteiger partial charge in [-0.1, -0.05) is 56.5 Å². The van der Waals surface area contributed by atoms with Crippen molar-refractivity contribution in [1.29, 1.82) is 0 Å². The minimum absolute atomic E-state index is 0.0517. The molecule has 1 atom stereocenters. The Morgan fingerprint density at radius 1 is 1.23 bits per heavy atom. The fourth-order valence-electron chi connectivity index (χ4n) is 2.52. The lowest BCUT2D eigenvalue weighted by Gasteiger charge is -2.16. The van der Waals surface area contributed by atoms with Crippen LogP contribution >= 0.6 is 0 Å². The van der Waals surface area contributed by atoms with E-state index in [-0.39, 0.29) is 12.5 Å². The van der Waals surface area contributed by atoms with E-state index in [1.54, 1.807) is 0 Å². The normalized spacial score (nSPS) is 12.2. The third-order valence-corrected chi connectivity index (χ3v) is 4.09. The molecule has 0 aromatic heterocycles. The van der Waals surface area contributed by atoms with Crippen LogP contribution in [-0.4, -0.2) is 23.5 Å². The van der Waals surface area contributed by atoms with Crippen LogP contribution in [-0.2, 0) is 16.0 Å². The van der Waals surface area contributed by atoms with E-state index in [4.69, 9.17) is 0 Å². The molecule has 0 aliphatic carbocycles. The van der Waals surface area contributed by atoms with Gasteiger partial charge in [-0.25, -0.2) is 0 Å². The highest BCUT2D eigenvalue weighted by Crippen LogP contribution is 2.13. The molecule has 0 spiro atoms. The largest absolute Gasteiger partial charge is 0.481 e. The first-order valence-electron chi connectivity index (χ1n) is 8.01. The molecule has 22 heavy (non-hydrogen) atoms. The van der Waals surface area contributed by atoms with E-state index in [2.05, 4.69) is 19.2 Å². The summed E-state index contributed by atoms with van der Waals surface area (Å²) in [7, 11) is 0. The lowest BCUT2D eigenvalue weighted by atomic mass is 9.97. The van der Waals surface area contributed by atoms with Crippen molar-refractivity contribution in [2.75, 3.05) is 6.54 Å². The first kappa shape index (κ1) is 18.2. The third-order valence-electron chi connectivity index (χ3n) is 4.09. The number of carboxylic acids is 1. The van der Waals surface area contributed by atoms with Crippen molar-refractivity contribution < 1.29 is 14.7 Å². The number of carbonyl (C=O) groups excluding carboxylic acids is 1. The topological polar surface area (TPSA) is 66.4 Å². The smallest absolute Gasteiger partial charge is 0.308 e. The Hall–Kier alpha value is -1.84. The van der Waals surface area contributed by atoms with Crippen LogP contribution in [0.1, 0.15) is 44.2 Å². The predicted molar refractivity (Wildman–Crippen MR) is 87.7 cm³/mol. The highest BCUT2D eigenvalue weighted by Gasteiger charge is 2.19. The zero-order valence-electron chi connectivity index (χ0n) is 13.8. The maximum Gasteiger partial charge on any atom is 0.308 e. The van der Waals surface area contributed by atoms with E-state index in [1.165, 1.54) is 0 Å². The summed E-state index contributed by atoms with van der Waals surface area (Å²) in [6.45, 7) is 6.30. The summed E-state index contributed by atoms with van der Waals surface area (Å²) in [6.07, 6.45) is 2.84. The lowest BCUT2D eigenvalue weighted by Crippen LogP contribution is -2.34. The van der Waals surface area contributed by atoms with Crippen LogP contribution in [0.3, 0.4) is 0 Å². The molecule has 1 rings (SSSR count). The molecule has 0 aliphatic heterocycles. The minimum atomic E-state index is -0.871. The number of nitrogens with one attached hydrogen (secondary N) is 1. The molecule has 2 N–H and O–H groups in total. The summed E-state index contributed by atoms with van der Waals surface area (Å²) in [4.78, 5) is 23.3. The van der Waals surface area contributed by atoms with Crippen molar-refractivity contribution >= 4 is 11.9 Å². The van der Waals surface area contributed by atoms with E-state index >= 15 is 0 Å². The summed E-state index contributed by atoms with van der Waals surface area (Å²) < 4.78 is 0. The molecule has 4 heteroatoms. The molecule has 0 radical (unpaired) electrons. The highest BCUT2D eigenvalue weighted by molar-refractivity contribution is 5.77. The number of aryl methyl sites for hydroxylation is 1. The van der Waals surface area contributed by atoms with Gasteiger partial charge in [-0.2, -0.15) is 0 Å². The number of hydrogen-bond acceptors (Lipinski definition) is 2. The zero-order valence-corrected chi connectivity index (χ0v) is 13.8. The molecule has 1 amide bonds. The van der Waals surface area contributed by atoms with Gasteiger partial charge in [0.05, 0.1) is 5.92 Å². The SMILES string of the molecule is CCC(CC)CC(=O)NCC(Cc1cccc(C)c1)C(=O)O. The summed E-state index contributed by atoms with van der Waals surface area (Å²) in [5.74, 6) is -1.14. The lowest BCUT2D eigenvalue weighted by molar-refractivity contribution is -0.141. The Morgan fingerprint density at radius 2 is 1.91 bits per heavy atom. The van der Waals surface area contributed by atoms with E-state index in [0.717, 1.165) is 24.0 Å². The number of amides is 1. The van der Waals surface area contributed by atoms with Crippen LogP contribution in [0, 0.1) is 18.8 Å². The van der Waals surface area contributed by atoms with Gasteiger partial charge in [0, 0.05) is 13.0 Å². The molecule has 0 fully saturated rings. The fourth-order valence-corrected chi connectivity index (χ4v) is 2.52. The van der Waals surface area contributed by atoms with Gasteiger partial charge in [-0.15, -0.1) is 0 Å². The van der Waals surface area contributed by atoms with Gasteiger partial charge in [-0.05, 0) is 24.8 Å². The van der Waals surface area contributed by atoms with Gasteiger partial charge in [0.25, 0.3) is 0 Å². The molecule has 1 unspecified atom stereocenters. The van der Waals surface area contributed by atoms with Crippen molar-refractivity contribution in [3.8, 4) is 0 Å². The van der Waals surface area contributed by atoms with Crippen LogP contribution in [0.5, 0.6) is 0 Å². The van der Waals surface area contributed by atoms with Crippen molar-refractivity contribution in [3.63, 3.8) is 0 Å². The Kier molecular flexibility index (Phi) is 7.64. The number of carboxylic acid groups (broad SMARTS) is 1. The summed E-state index contributed by atoms with van der Waals surface area (Å²) in [5.41, 5.74) is 2.10. The van der Waals surface area contributed by atoms with Crippen molar-refractivity contribution in [2.24, 2.45) is 11.8 Å². The van der Waals surface area contributed by atoms with Gasteiger partial charge >= 0.3 is 5.97 Å². The molecule has 0 saturated heterocycles. The van der Waals surface area contributed by atoms with Crippen LogP contribution in [0.15, 0.2) is 24.3 Å². The monoisotopic (exact) mass is 305 g/mol. The molecule has 1 aromatic rings. The van der Waals surface area contributed by atoms with Gasteiger partial charge < -0.3 is 10.4 Å². The number of rotatable bonds is 9. The van der Waals surface area contributed by atoms with Crippen molar-refractivity contribution in [2.45, 2.75) is 46.5 Å². The van der Waals surface area contributed by atoms with E-state index in [1.807, 2.05) is 31.2 Å². The molecular weight excluding hydrogens is 278 g/mol. The second-order valence-corrected chi connectivity index (χ2v) is 5.92. The maximum atomic E-state index is 11.9. The number of hydrogen-bond donors (Lipinski definition) is 2. The highest BCUT2D eigenvalue weighted by atomic mass is 16.4. The molecule has 0 aliphatic rings. The van der Waals surface area contributed by atoms with Crippen LogP contribution in [0.25, 0.3) is 0 Å². The predicted octanol–water partition coefficient (Wildman–Crippen LogP) is 3.18. The maximum absolute atomic E-state index is 11.9. The van der Waals surface area contributed by atoms with Gasteiger partial charge in [0.1, 0.15) is 0 Å². The molecule has 0 saturated carbocycles. The van der Waals surface area contributed by atoms with Gasteiger partial charge in [0.15, 0.2) is 0 Å². The van der Waals surface area contributed by atoms with Crippen LogP contribution < -0.4 is 5.32 Å². The summed E-state index contributed by atoms with van der Waals surface area (Å²) in [5, 5.41) is 12.1. The Bertz CT molecular complexity index is 495. The summed E-state index contributed by atoms with van der Waals surface area (Å²) >= 11 is 0. The second-order valence-electron chi connectivity index (χ2n) is 5.92. The number of benzene rings is 1. The molecule has 4 nitrogen and oxygen atoms in total. The number of aliphatic carboxylic acids is 1. The number of carbonyl (C=O) groups is 2. The summed E-state index contributed by atoms with van der Waals surface area (Å²) in [6, 6.07) is 7.82. The fraction of sp³-hybridized carbons (Fsp3) is 0.556. The van der Waals surface area contributed by atoms with Crippen LogP contribution in [0.4, 0.5) is 0 Å². The third kappa shape index (κ3) is 6.29. The Labute approximate surface area is 132 Å². The standard InChI is InChI=1S/C18H27NO3/c1-4-14(5-2)11-17(20)19-12-16(18(21)22)10-15-8-6-7-13(3)9-15/h6-9,14,16H,4-5,10-12H2,1-3H3,(H,19,20)(H,21,22). The van der Waals surface area contributed by atoms with Crippen molar-refractivity contribution in [3.05, 3.63) is 35.4 Å². The molecular formula is C18H27NO3. The second kappa shape index (κ2) is 9.23. The molecule has 122 valence electrons. The molecule has 1 aromatic carbocycles.